The smallest absolute Gasteiger partial charge is 0.137 e. The molecule has 9 aromatic carbocycles. The van der Waals surface area contributed by atoms with Gasteiger partial charge in [0.05, 0.1) is 61.2 Å². The number of benzene rings is 9. The minimum absolute atomic E-state index is 0.735. The minimum Gasteiger partial charge on any atom is -0.457 e. The van der Waals surface area contributed by atoms with Crippen molar-refractivity contribution in [3.05, 3.63) is 230 Å². The molecule has 5 heterocycles. The second-order valence-corrected chi connectivity index (χ2v) is 17.5. The Hall–Kier alpha value is -9.20. The number of ether oxygens (including phenoxy) is 1. The summed E-state index contributed by atoms with van der Waals surface area (Å²) in [6.07, 6.45) is 3.95. The highest BCUT2D eigenvalue weighted by Crippen LogP contribution is 2.44. The highest BCUT2D eigenvalue weighted by Gasteiger charge is 2.24. The number of imidazole rings is 1. The van der Waals surface area contributed by atoms with Crippen molar-refractivity contribution in [3.8, 4) is 45.5 Å². The van der Waals surface area contributed by atoms with Crippen LogP contribution in [0.5, 0.6) is 11.5 Å². The molecule has 7 nitrogen and oxygen atoms in total. The third-order valence-corrected chi connectivity index (χ3v) is 13.7. The number of para-hydroxylation sites is 7. The molecule has 0 unspecified atom stereocenters. The molecule has 0 radical (unpaired) electrons. The van der Waals surface area contributed by atoms with Gasteiger partial charge in [0, 0.05) is 61.8 Å². The molecule has 0 aliphatic carbocycles. The van der Waals surface area contributed by atoms with Crippen LogP contribution in [0.2, 0.25) is 0 Å². The number of aromatic nitrogens is 6. The van der Waals surface area contributed by atoms with Crippen molar-refractivity contribution in [2.24, 2.45) is 0 Å². The lowest BCUT2D eigenvalue weighted by Gasteiger charge is -2.21. The van der Waals surface area contributed by atoms with Crippen molar-refractivity contribution in [3.63, 3.8) is 0 Å². The van der Waals surface area contributed by atoms with Crippen LogP contribution in [0.3, 0.4) is 0 Å². The summed E-state index contributed by atoms with van der Waals surface area (Å²) >= 11 is 0. The van der Waals surface area contributed by atoms with Crippen LogP contribution in [0.15, 0.2) is 225 Å². The minimum atomic E-state index is 0.735. The van der Waals surface area contributed by atoms with Gasteiger partial charge in [0.25, 0.3) is 0 Å². The van der Waals surface area contributed by atoms with E-state index < -0.39 is 0 Å². The van der Waals surface area contributed by atoms with E-state index in [4.69, 9.17) is 9.72 Å². The van der Waals surface area contributed by atoms with Crippen LogP contribution in [-0.4, -0.2) is 28.2 Å². The lowest BCUT2D eigenvalue weighted by molar-refractivity contribution is 0.483. The third kappa shape index (κ3) is 5.72. The molecule has 14 aromatic rings. The van der Waals surface area contributed by atoms with Gasteiger partial charge in [-0.05, 0) is 97.4 Å². The molecule has 0 aliphatic heterocycles. The number of hydrogen-bond acceptors (Lipinski definition) is 3. The van der Waals surface area contributed by atoms with Crippen LogP contribution < -0.4 is 4.74 Å². The number of fused-ring (bicyclic) bond motifs is 10. The summed E-state index contributed by atoms with van der Waals surface area (Å²) in [7, 11) is 0. The number of aryl methyl sites for hydroxylation is 1. The van der Waals surface area contributed by atoms with Crippen molar-refractivity contribution in [2.75, 3.05) is 0 Å². The highest BCUT2D eigenvalue weighted by atomic mass is 16.5. The van der Waals surface area contributed by atoms with Crippen molar-refractivity contribution in [1.29, 1.82) is 0 Å². The van der Waals surface area contributed by atoms with Crippen LogP contribution in [0.4, 0.5) is 0 Å². The summed E-state index contributed by atoms with van der Waals surface area (Å²) in [5.74, 6) is 2.30. The monoisotopic (exact) mass is 872 g/mol. The summed E-state index contributed by atoms with van der Waals surface area (Å²) in [6, 6.07) is 75.2. The molecule has 0 atom stereocenters. The molecule has 0 aliphatic rings. The molecule has 5 aromatic heterocycles. The largest absolute Gasteiger partial charge is 0.457 e. The van der Waals surface area contributed by atoms with Crippen molar-refractivity contribution in [1.82, 2.24) is 28.2 Å². The van der Waals surface area contributed by atoms with Crippen LogP contribution in [0.25, 0.3) is 110 Å². The maximum atomic E-state index is 6.67. The first-order valence-corrected chi connectivity index (χ1v) is 23.0. The SMILES string of the molecule is Cc1cc(-n2c3ccccc3c3ccc(Oc4cccc(-n5cnc6ccccc65)c4)cc32)ncc1-c1c(-n2c3ccccc3c3ccccc32)cccc1-n1c2ccccc2c2ccccc21. The normalized spacial score (nSPS) is 11.9. The first kappa shape index (κ1) is 38.1. The summed E-state index contributed by atoms with van der Waals surface area (Å²) in [6.45, 7) is 2.22. The maximum Gasteiger partial charge on any atom is 0.137 e. The Kier molecular flexibility index (Phi) is 8.36. The van der Waals surface area contributed by atoms with Gasteiger partial charge >= 0.3 is 0 Å². The Morgan fingerprint density at radius 2 is 0.868 bits per heavy atom. The Bertz CT molecular complexity index is 4100. The van der Waals surface area contributed by atoms with Crippen LogP contribution in [-0.2, 0) is 0 Å². The Balaban J connectivity index is 0.958. The van der Waals surface area contributed by atoms with Gasteiger partial charge in [-0.1, -0.05) is 115 Å². The van der Waals surface area contributed by atoms with Gasteiger partial charge in [0.1, 0.15) is 23.6 Å². The van der Waals surface area contributed by atoms with Gasteiger partial charge < -0.3 is 13.9 Å². The predicted octanol–water partition coefficient (Wildman–Crippen LogP) is 15.5. The van der Waals surface area contributed by atoms with Crippen molar-refractivity contribution in [2.45, 2.75) is 6.92 Å². The molecule has 14 rings (SSSR count). The first-order chi connectivity index (χ1) is 33.7. The summed E-state index contributed by atoms with van der Waals surface area (Å²) in [5, 5.41) is 7.15. The van der Waals surface area contributed by atoms with Crippen molar-refractivity contribution >= 4 is 76.5 Å². The fraction of sp³-hybridized carbons (Fsp3) is 0.0164. The summed E-state index contributed by atoms with van der Waals surface area (Å²) in [5.41, 5.74) is 15.1. The van der Waals surface area contributed by atoms with Crippen LogP contribution >= 0.6 is 0 Å². The van der Waals surface area contributed by atoms with Crippen LogP contribution in [0, 0.1) is 6.92 Å². The van der Waals surface area contributed by atoms with E-state index in [1.807, 2.05) is 36.7 Å². The van der Waals surface area contributed by atoms with Gasteiger partial charge in [-0.25, -0.2) is 9.97 Å². The molecule has 68 heavy (non-hydrogen) atoms. The highest BCUT2D eigenvalue weighted by molar-refractivity contribution is 6.12. The molecular weight excluding hydrogens is 833 g/mol. The molecule has 0 fully saturated rings. The van der Waals surface area contributed by atoms with Gasteiger partial charge in [-0.2, -0.15) is 0 Å². The van der Waals surface area contributed by atoms with E-state index in [-0.39, 0.29) is 0 Å². The third-order valence-electron chi connectivity index (χ3n) is 13.7. The van der Waals surface area contributed by atoms with E-state index in [0.717, 1.165) is 106 Å². The lowest BCUT2D eigenvalue weighted by Crippen LogP contribution is -2.05. The summed E-state index contributed by atoms with van der Waals surface area (Å²) in [4.78, 5) is 10.0. The summed E-state index contributed by atoms with van der Waals surface area (Å²) < 4.78 is 15.9. The first-order valence-electron chi connectivity index (χ1n) is 23.0. The standard InChI is InChI=1S/C61H40N6O/c1-39-34-60(67-55-28-12-6-22-47(55)48-33-32-42(36-59(48)67)68-41-17-14-16-40(35-41)64-38-63-50-23-7-13-29-56(50)64)62-37-49(39)61-57(65-51-24-8-2-18-43(51)44-19-3-9-25-52(44)65)30-15-31-58(61)66-53-26-10-4-20-45(53)46-21-5-11-27-54(46)66/h2-38H,1H3. The Labute approximate surface area is 390 Å². The number of rotatable bonds is 7. The fourth-order valence-corrected chi connectivity index (χ4v) is 10.7. The quantitative estimate of drug-likeness (QED) is 0.160. The lowest BCUT2D eigenvalue weighted by atomic mass is 9.98. The van der Waals surface area contributed by atoms with Gasteiger partial charge in [-0.15, -0.1) is 0 Å². The fourth-order valence-electron chi connectivity index (χ4n) is 10.7. The van der Waals surface area contributed by atoms with Crippen LogP contribution in [0.1, 0.15) is 5.56 Å². The van der Waals surface area contributed by atoms with Gasteiger partial charge in [-0.3, -0.25) is 9.13 Å². The van der Waals surface area contributed by atoms with E-state index in [1.165, 1.54) is 21.5 Å². The zero-order chi connectivity index (χ0) is 44.9. The number of nitrogens with zero attached hydrogens (tertiary/aromatic N) is 6. The van der Waals surface area contributed by atoms with E-state index in [9.17, 15) is 0 Å². The second kappa shape index (κ2) is 14.9. The molecule has 320 valence electrons. The number of hydrogen-bond donors (Lipinski definition) is 0. The molecule has 0 saturated carbocycles. The molecule has 0 amide bonds. The number of pyridine rings is 1. The zero-order valence-corrected chi connectivity index (χ0v) is 37.0. The van der Waals surface area contributed by atoms with E-state index >= 15 is 0 Å². The van der Waals surface area contributed by atoms with Gasteiger partial charge in [0.2, 0.25) is 0 Å². The Morgan fingerprint density at radius 1 is 0.382 bits per heavy atom. The molecular formula is C61H40N6O. The molecule has 0 saturated heterocycles. The predicted molar refractivity (Wildman–Crippen MR) is 279 cm³/mol. The van der Waals surface area contributed by atoms with Crippen molar-refractivity contribution < 1.29 is 4.74 Å². The molecule has 0 N–H and O–H groups in total. The molecule has 7 heteroatoms. The van der Waals surface area contributed by atoms with E-state index in [2.05, 4.69) is 218 Å². The Morgan fingerprint density at radius 3 is 1.44 bits per heavy atom. The zero-order valence-electron chi connectivity index (χ0n) is 37.0. The van der Waals surface area contributed by atoms with E-state index in [0.29, 0.717) is 0 Å². The topological polar surface area (TPSA) is 54.7 Å². The average molecular weight is 873 g/mol. The van der Waals surface area contributed by atoms with Gasteiger partial charge in [0.15, 0.2) is 0 Å². The average Bonchev–Trinajstić information content (AvgIpc) is 4.15. The van der Waals surface area contributed by atoms with E-state index in [1.54, 1.807) is 0 Å². The second-order valence-electron chi connectivity index (χ2n) is 17.5. The molecule has 0 spiro atoms. The molecule has 0 bridgehead atoms. The maximum absolute atomic E-state index is 6.67.